The molecule has 1 aliphatic rings. The number of nitrogens with one attached hydrogen (secondary N) is 1. The first-order valence-electron chi connectivity index (χ1n) is 9.11. The van der Waals surface area contributed by atoms with Crippen LogP contribution in [0.2, 0.25) is 0 Å². The largest absolute Gasteiger partial charge is 0.444 e. The summed E-state index contributed by atoms with van der Waals surface area (Å²) in [5, 5.41) is 13.3. The number of rotatable bonds is 6. The molecule has 0 aromatic heterocycles. The SMILES string of the molecule is CC(C)C[C@@](CO)(NC(=O)OC(C)(C)C)c1ccccc1C1OCCO1. The summed E-state index contributed by atoms with van der Waals surface area (Å²) >= 11 is 0. The number of carbonyl (C=O) groups excluding carboxylic acids is 1. The summed E-state index contributed by atoms with van der Waals surface area (Å²) in [5.74, 6) is 0.232. The van der Waals surface area contributed by atoms with Gasteiger partial charge in [-0.1, -0.05) is 38.1 Å². The van der Waals surface area contributed by atoms with E-state index in [0.717, 1.165) is 11.1 Å². The fraction of sp³-hybridized carbons (Fsp3) is 0.650. The highest BCUT2D eigenvalue weighted by atomic mass is 16.7. The van der Waals surface area contributed by atoms with E-state index in [2.05, 4.69) is 5.32 Å². The standard InChI is InChI=1S/C20H31NO5/c1-14(2)12-20(13-22,21-18(23)26-19(3,4)5)16-9-7-6-8-15(16)17-24-10-11-25-17/h6-9,14,17,22H,10-13H2,1-5H3,(H,21,23)/t20-/m0/s1. The number of carbonyl (C=O) groups is 1. The van der Waals surface area contributed by atoms with Gasteiger partial charge in [0, 0.05) is 5.56 Å². The zero-order valence-corrected chi connectivity index (χ0v) is 16.4. The van der Waals surface area contributed by atoms with Crippen LogP contribution in [0, 0.1) is 5.92 Å². The molecule has 1 atom stereocenters. The third-order valence-electron chi connectivity index (χ3n) is 4.12. The van der Waals surface area contributed by atoms with E-state index in [4.69, 9.17) is 14.2 Å². The van der Waals surface area contributed by atoms with Gasteiger partial charge in [-0.05, 0) is 38.7 Å². The number of hydrogen-bond donors (Lipinski definition) is 2. The maximum Gasteiger partial charge on any atom is 0.408 e. The van der Waals surface area contributed by atoms with E-state index < -0.39 is 23.5 Å². The van der Waals surface area contributed by atoms with Crippen molar-refractivity contribution < 1.29 is 24.1 Å². The van der Waals surface area contributed by atoms with Gasteiger partial charge in [-0.2, -0.15) is 0 Å². The predicted molar refractivity (Wildman–Crippen MR) is 98.7 cm³/mol. The Morgan fingerprint density at radius 3 is 2.42 bits per heavy atom. The second-order valence-corrected chi connectivity index (χ2v) is 8.13. The van der Waals surface area contributed by atoms with Crippen molar-refractivity contribution in [2.75, 3.05) is 19.8 Å². The molecule has 1 amide bonds. The Morgan fingerprint density at radius 1 is 1.27 bits per heavy atom. The molecule has 2 N–H and O–H groups in total. The van der Waals surface area contributed by atoms with Crippen LogP contribution in [0.1, 0.15) is 58.5 Å². The van der Waals surface area contributed by atoms with Crippen molar-refractivity contribution >= 4 is 6.09 Å². The molecule has 6 heteroatoms. The molecule has 0 spiro atoms. The second kappa shape index (κ2) is 8.37. The van der Waals surface area contributed by atoms with Crippen LogP contribution < -0.4 is 5.32 Å². The molecular weight excluding hydrogens is 334 g/mol. The third-order valence-corrected chi connectivity index (χ3v) is 4.12. The van der Waals surface area contributed by atoms with E-state index in [1.165, 1.54) is 0 Å². The zero-order chi connectivity index (χ0) is 19.4. The van der Waals surface area contributed by atoms with Gasteiger partial charge < -0.3 is 24.6 Å². The van der Waals surface area contributed by atoms with Crippen molar-refractivity contribution in [1.82, 2.24) is 5.32 Å². The van der Waals surface area contributed by atoms with Crippen LogP contribution in [0.5, 0.6) is 0 Å². The lowest BCUT2D eigenvalue weighted by Gasteiger charge is -2.37. The van der Waals surface area contributed by atoms with Crippen LogP contribution >= 0.6 is 0 Å². The number of ether oxygens (including phenoxy) is 3. The lowest BCUT2D eigenvalue weighted by molar-refractivity contribution is -0.0464. The van der Waals surface area contributed by atoms with Gasteiger partial charge in [0.2, 0.25) is 0 Å². The van der Waals surface area contributed by atoms with Gasteiger partial charge in [0.15, 0.2) is 6.29 Å². The average Bonchev–Trinajstić information content (AvgIpc) is 3.06. The van der Waals surface area contributed by atoms with E-state index in [1.807, 2.05) is 58.9 Å². The molecule has 1 fully saturated rings. The summed E-state index contributed by atoms with van der Waals surface area (Å²) in [6.07, 6.45) is -0.507. The molecule has 1 aliphatic heterocycles. The first kappa shape index (κ1) is 20.7. The van der Waals surface area contributed by atoms with Gasteiger partial charge in [0.25, 0.3) is 0 Å². The van der Waals surface area contributed by atoms with Crippen LogP contribution in [-0.4, -0.2) is 36.6 Å². The number of amides is 1. The maximum absolute atomic E-state index is 12.5. The minimum Gasteiger partial charge on any atom is -0.444 e. The summed E-state index contributed by atoms with van der Waals surface area (Å²) in [4.78, 5) is 12.5. The second-order valence-electron chi connectivity index (χ2n) is 8.13. The van der Waals surface area contributed by atoms with Crippen LogP contribution in [0.4, 0.5) is 4.79 Å². The molecule has 0 unspecified atom stereocenters. The van der Waals surface area contributed by atoms with E-state index in [1.54, 1.807) is 0 Å². The minimum absolute atomic E-state index is 0.232. The van der Waals surface area contributed by atoms with E-state index in [-0.39, 0.29) is 12.5 Å². The highest BCUT2D eigenvalue weighted by Crippen LogP contribution is 2.36. The van der Waals surface area contributed by atoms with Crippen LogP contribution in [-0.2, 0) is 19.7 Å². The summed E-state index contributed by atoms with van der Waals surface area (Å²) < 4.78 is 16.8. The van der Waals surface area contributed by atoms with Gasteiger partial charge >= 0.3 is 6.09 Å². The van der Waals surface area contributed by atoms with Crippen molar-refractivity contribution in [2.24, 2.45) is 5.92 Å². The number of aliphatic hydroxyl groups is 1. The monoisotopic (exact) mass is 365 g/mol. The first-order valence-corrected chi connectivity index (χ1v) is 9.11. The van der Waals surface area contributed by atoms with Crippen molar-refractivity contribution in [1.29, 1.82) is 0 Å². The van der Waals surface area contributed by atoms with Crippen molar-refractivity contribution in [3.63, 3.8) is 0 Å². The van der Waals surface area contributed by atoms with E-state index >= 15 is 0 Å². The summed E-state index contributed by atoms with van der Waals surface area (Å²) in [7, 11) is 0. The Kier molecular flexibility index (Phi) is 6.66. The van der Waals surface area contributed by atoms with Crippen LogP contribution in [0.15, 0.2) is 24.3 Å². The fourth-order valence-corrected chi connectivity index (χ4v) is 3.29. The molecule has 6 nitrogen and oxygen atoms in total. The Labute approximate surface area is 155 Å². The fourth-order valence-electron chi connectivity index (χ4n) is 3.29. The highest BCUT2D eigenvalue weighted by Gasteiger charge is 2.39. The predicted octanol–water partition coefficient (Wildman–Crippen LogP) is 3.49. The third kappa shape index (κ3) is 5.19. The molecule has 1 heterocycles. The summed E-state index contributed by atoms with van der Waals surface area (Å²) in [5.41, 5.74) is -0.00684. The lowest BCUT2D eigenvalue weighted by Crippen LogP contribution is -2.51. The Morgan fingerprint density at radius 2 is 1.88 bits per heavy atom. The quantitative estimate of drug-likeness (QED) is 0.807. The molecule has 0 aliphatic carbocycles. The lowest BCUT2D eigenvalue weighted by atomic mass is 9.80. The maximum atomic E-state index is 12.5. The summed E-state index contributed by atoms with van der Waals surface area (Å²) in [6.45, 7) is 10.3. The van der Waals surface area contributed by atoms with Gasteiger partial charge in [-0.3, -0.25) is 0 Å². The number of hydrogen-bond acceptors (Lipinski definition) is 5. The summed E-state index contributed by atoms with van der Waals surface area (Å²) in [6, 6.07) is 7.59. The van der Waals surface area contributed by atoms with Gasteiger partial charge in [-0.15, -0.1) is 0 Å². The molecular formula is C20H31NO5. The molecule has 2 rings (SSSR count). The Bertz CT molecular complexity index is 604. The van der Waals surface area contributed by atoms with Gasteiger partial charge in [0.05, 0.1) is 25.4 Å². The minimum atomic E-state index is -0.984. The van der Waals surface area contributed by atoms with Gasteiger partial charge in [0.1, 0.15) is 5.60 Å². The number of alkyl carbamates (subject to hydrolysis) is 1. The molecule has 0 bridgehead atoms. The molecule has 26 heavy (non-hydrogen) atoms. The Hall–Kier alpha value is -1.63. The van der Waals surface area contributed by atoms with E-state index in [0.29, 0.717) is 19.6 Å². The van der Waals surface area contributed by atoms with Crippen LogP contribution in [0.25, 0.3) is 0 Å². The zero-order valence-electron chi connectivity index (χ0n) is 16.4. The highest BCUT2D eigenvalue weighted by molar-refractivity contribution is 5.69. The Balaban J connectivity index is 2.42. The average molecular weight is 365 g/mol. The molecule has 0 radical (unpaired) electrons. The molecule has 1 aromatic rings. The van der Waals surface area contributed by atoms with Crippen LogP contribution in [0.3, 0.4) is 0 Å². The van der Waals surface area contributed by atoms with Crippen molar-refractivity contribution in [3.05, 3.63) is 35.4 Å². The van der Waals surface area contributed by atoms with Crippen molar-refractivity contribution in [3.8, 4) is 0 Å². The smallest absolute Gasteiger partial charge is 0.408 e. The first-order chi connectivity index (χ1) is 12.2. The molecule has 146 valence electrons. The number of benzene rings is 1. The topological polar surface area (TPSA) is 77.0 Å². The van der Waals surface area contributed by atoms with Gasteiger partial charge in [-0.25, -0.2) is 4.79 Å². The van der Waals surface area contributed by atoms with E-state index in [9.17, 15) is 9.90 Å². The normalized spacial score (nSPS) is 18.0. The van der Waals surface area contributed by atoms with Crippen molar-refractivity contribution in [2.45, 2.75) is 58.5 Å². The molecule has 1 aromatic carbocycles. The molecule has 1 saturated heterocycles. The molecule has 0 saturated carbocycles. The number of aliphatic hydroxyl groups excluding tert-OH is 1.